The number of hydrogen-bond donors (Lipinski definition) is 4. The number of carbonyl (C=O) groups is 3. The lowest BCUT2D eigenvalue weighted by atomic mass is 9.62. The monoisotopic (exact) mass is 638 g/mol. The maximum atomic E-state index is 12.7. The second-order valence-electron chi connectivity index (χ2n) is 16.6. The lowest BCUT2D eigenvalue weighted by Gasteiger charge is -2.46. The van der Waals surface area contributed by atoms with Gasteiger partial charge in [-0.25, -0.2) is 14.4 Å². The summed E-state index contributed by atoms with van der Waals surface area (Å²) in [4.78, 5) is 37.6. The molecule has 3 amide bonds. The maximum absolute atomic E-state index is 12.7. The van der Waals surface area contributed by atoms with Gasteiger partial charge in [-0.05, 0) is 73.0 Å². The van der Waals surface area contributed by atoms with Crippen molar-refractivity contribution in [3.05, 3.63) is 12.8 Å². The van der Waals surface area contributed by atoms with E-state index in [0.717, 1.165) is 38.5 Å². The molecule has 2 fully saturated rings. The highest BCUT2D eigenvalue weighted by atomic mass is 16.6. The molecule has 0 aromatic carbocycles. The first kappa shape index (κ1) is 38.5. The summed E-state index contributed by atoms with van der Waals surface area (Å²) in [6, 6.07) is 0.0520. The van der Waals surface area contributed by atoms with E-state index in [4.69, 9.17) is 24.7 Å². The van der Waals surface area contributed by atoms with E-state index >= 15 is 0 Å². The Hall–Kier alpha value is -2.69. The van der Waals surface area contributed by atoms with E-state index in [1.54, 1.807) is 0 Å². The number of carbonyl (C=O) groups excluding carboxylic acids is 3. The van der Waals surface area contributed by atoms with Crippen molar-refractivity contribution >= 4 is 18.3 Å². The Kier molecular flexibility index (Phi) is 13.9. The first-order valence-corrected chi connectivity index (χ1v) is 16.5. The molecule has 2 rings (SSSR count). The van der Waals surface area contributed by atoms with Crippen LogP contribution in [0.15, 0.2) is 12.8 Å². The van der Waals surface area contributed by atoms with Gasteiger partial charge in [0.15, 0.2) is 0 Å². The molecule has 11 nitrogen and oxygen atoms in total. The van der Waals surface area contributed by atoms with E-state index in [2.05, 4.69) is 64.1 Å². The Morgan fingerprint density at radius 1 is 0.778 bits per heavy atom. The van der Waals surface area contributed by atoms with Crippen LogP contribution in [0.25, 0.3) is 0 Å². The van der Waals surface area contributed by atoms with Crippen molar-refractivity contribution in [2.45, 2.75) is 119 Å². The van der Waals surface area contributed by atoms with Gasteiger partial charge in [0, 0.05) is 30.6 Å². The number of nitrogens with one attached hydrogen (secondary N) is 3. The van der Waals surface area contributed by atoms with Crippen molar-refractivity contribution in [1.29, 1.82) is 0 Å². The molecule has 0 heterocycles. The van der Waals surface area contributed by atoms with Crippen LogP contribution >= 0.6 is 0 Å². The summed E-state index contributed by atoms with van der Waals surface area (Å²) in [6.45, 7) is 22.3. The van der Waals surface area contributed by atoms with Crippen LogP contribution < -0.4 is 21.7 Å². The Bertz CT molecular complexity index is 1000. The lowest BCUT2D eigenvalue weighted by molar-refractivity contribution is 0.0366. The molecule has 0 aromatic heterocycles. The van der Waals surface area contributed by atoms with Gasteiger partial charge in [0.25, 0.3) is 0 Å². The molecule has 260 valence electrons. The Balaban J connectivity index is 1.73. The van der Waals surface area contributed by atoms with Gasteiger partial charge in [-0.3, -0.25) is 0 Å². The summed E-state index contributed by atoms with van der Waals surface area (Å²) in [5.41, 5.74) is 5.49. The van der Waals surface area contributed by atoms with Gasteiger partial charge in [-0.1, -0.05) is 62.0 Å². The third-order valence-electron chi connectivity index (χ3n) is 8.76. The molecule has 4 atom stereocenters. The molecule has 2 aliphatic rings. The van der Waals surface area contributed by atoms with Crippen molar-refractivity contribution < 1.29 is 33.3 Å². The first-order chi connectivity index (χ1) is 20.7. The SMILES string of the molecule is C=COCCCCOC(=O)NC1CC(C)(C)CC(C)(CNC(=O)OCC(C)(C)COC(=O)NCC2(C)CC(N)CC(C)(C)C2)C1. The van der Waals surface area contributed by atoms with Gasteiger partial charge in [-0.2, -0.15) is 0 Å². The van der Waals surface area contributed by atoms with Gasteiger partial charge in [0.1, 0.15) is 13.2 Å². The summed E-state index contributed by atoms with van der Waals surface area (Å²) in [6.07, 6.45) is 6.70. The minimum absolute atomic E-state index is 0.0326. The van der Waals surface area contributed by atoms with Crippen molar-refractivity contribution in [2.24, 2.45) is 32.8 Å². The van der Waals surface area contributed by atoms with Gasteiger partial charge in [-0.15, -0.1) is 0 Å². The third-order valence-corrected chi connectivity index (χ3v) is 8.76. The molecule has 0 saturated heterocycles. The highest BCUT2D eigenvalue weighted by Crippen LogP contribution is 2.46. The second kappa shape index (κ2) is 16.2. The van der Waals surface area contributed by atoms with E-state index in [0.29, 0.717) is 39.1 Å². The topological polar surface area (TPSA) is 150 Å². The predicted octanol–water partition coefficient (Wildman–Crippen LogP) is 6.26. The molecule has 0 aliphatic heterocycles. The Morgan fingerprint density at radius 2 is 1.29 bits per heavy atom. The minimum atomic E-state index is -0.571. The molecule has 5 N–H and O–H groups in total. The molecule has 11 heteroatoms. The van der Waals surface area contributed by atoms with Crippen LogP contribution in [0.3, 0.4) is 0 Å². The summed E-state index contributed by atoms with van der Waals surface area (Å²) in [5, 5.41) is 8.85. The molecular formula is C34H62N4O7. The largest absolute Gasteiger partial charge is 0.502 e. The number of unbranched alkanes of at least 4 members (excludes halogenated alkanes) is 1. The van der Waals surface area contributed by atoms with Crippen LogP contribution in [-0.4, -0.2) is 69.9 Å². The predicted molar refractivity (Wildman–Crippen MR) is 176 cm³/mol. The number of rotatable bonds is 15. The van der Waals surface area contributed by atoms with Crippen LogP contribution in [0.1, 0.15) is 107 Å². The van der Waals surface area contributed by atoms with E-state index in [1.807, 2.05) is 13.8 Å². The van der Waals surface area contributed by atoms with E-state index in [1.165, 1.54) is 6.26 Å². The number of amides is 3. The molecule has 0 radical (unpaired) electrons. The minimum Gasteiger partial charge on any atom is -0.502 e. The summed E-state index contributed by atoms with van der Waals surface area (Å²) >= 11 is 0. The lowest BCUT2D eigenvalue weighted by Crippen LogP contribution is -2.50. The fourth-order valence-electron chi connectivity index (χ4n) is 7.70. The molecule has 0 spiro atoms. The molecule has 0 aromatic rings. The molecule has 2 saturated carbocycles. The van der Waals surface area contributed by atoms with Gasteiger partial charge in [0.2, 0.25) is 0 Å². The normalized spacial score (nSPS) is 27.4. The van der Waals surface area contributed by atoms with Crippen molar-refractivity contribution in [3.8, 4) is 0 Å². The summed E-state index contributed by atoms with van der Waals surface area (Å²) in [7, 11) is 0. The highest BCUT2D eigenvalue weighted by molar-refractivity contribution is 5.68. The third kappa shape index (κ3) is 15.0. The zero-order valence-corrected chi connectivity index (χ0v) is 29.3. The van der Waals surface area contributed by atoms with E-state index < -0.39 is 23.7 Å². The highest BCUT2D eigenvalue weighted by Gasteiger charge is 2.43. The van der Waals surface area contributed by atoms with Crippen LogP contribution in [0.4, 0.5) is 14.4 Å². The zero-order chi connectivity index (χ0) is 33.9. The fourth-order valence-corrected chi connectivity index (χ4v) is 7.70. The smallest absolute Gasteiger partial charge is 0.407 e. The Morgan fingerprint density at radius 3 is 1.82 bits per heavy atom. The average Bonchev–Trinajstić information content (AvgIpc) is 2.88. The van der Waals surface area contributed by atoms with Crippen molar-refractivity contribution in [3.63, 3.8) is 0 Å². The van der Waals surface area contributed by atoms with Gasteiger partial charge >= 0.3 is 18.3 Å². The number of alkyl carbamates (subject to hydrolysis) is 3. The molecule has 0 bridgehead atoms. The second-order valence-corrected chi connectivity index (χ2v) is 16.6. The average molecular weight is 639 g/mol. The molecule has 2 aliphatic carbocycles. The quantitative estimate of drug-likeness (QED) is 0.0933. The first-order valence-electron chi connectivity index (χ1n) is 16.5. The van der Waals surface area contributed by atoms with E-state index in [-0.39, 0.29) is 47.0 Å². The maximum Gasteiger partial charge on any atom is 0.407 e. The van der Waals surface area contributed by atoms with Gasteiger partial charge in [0.05, 0.1) is 19.5 Å². The fraction of sp³-hybridized carbons (Fsp3) is 0.853. The summed E-state index contributed by atoms with van der Waals surface area (Å²) < 4.78 is 21.4. The number of ether oxygens (including phenoxy) is 4. The van der Waals surface area contributed by atoms with Gasteiger partial charge < -0.3 is 40.6 Å². The molecular weight excluding hydrogens is 576 g/mol. The van der Waals surface area contributed by atoms with Crippen LogP contribution in [0.5, 0.6) is 0 Å². The number of hydrogen-bond acceptors (Lipinski definition) is 8. The van der Waals surface area contributed by atoms with Crippen molar-refractivity contribution in [1.82, 2.24) is 16.0 Å². The Labute approximate surface area is 271 Å². The number of nitrogens with two attached hydrogens (primary N) is 1. The molecule has 4 unspecified atom stereocenters. The van der Waals surface area contributed by atoms with Crippen LogP contribution in [0.2, 0.25) is 0 Å². The zero-order valence-electron chi connectivity index (χ0n) is 29.3. The summed E-state index contributed by atoms with van der Waals surface area (Å²) in [5.74, 6) is 0. The standard InChI is InChI=1S/C34H62N4O7/c1-10-42-13-11-12-14-43-29(41)38-26-17-31(4,5)20-34(9,18-26)22-37-28(40)45-24-32(6,7)23-44-27(39)36-21-33(8)16-25(35)15-30(2,3)19-33/h10,25-26H,1,11-24,35H2,2-9H3,(H,36,39)(H,37,40)(H,38,41). The van der Waals surface area contributed by atoms with Crippen LogP contribution in [0, 0.1) is 27.1 Å². The molecule has 45 heavy (non-hydrogen) atoms. The van der Waals surface area contributed by atoms with Crippen LogP contribution in [-0.2, 0) is 18.9 Å². The van der Waals surface area contributed by atoms with E-state index in [9.17, 15) is 14.4 Å². The van der Waals surface area contributed by atoms with Crippen molar-refractivity contribution in [2.75, 3.05) is 39.5 Å².